The molecule has 2 rings (SSSR count). The Kier molecular flexibility index (Phi) is 3.99. The number of hydrogen-bond acceptors (Lipinski definition) is 2. The van der Waals surface area contributed by atoms with Crippen LogP contribution in [0.3, 0.4) is 0 Å². The summed E-state index contributed by atoms with van der Waals surface area (Å²) in [6.07, 6.45) is 9.44. The number of nitrogens with zero attached hydrogens (tertiary/aromatic N) is 2. The zero-order valence-electron chi connectivity index (χ0n) is 10.4. The van der Waals surface area contributed by atoms with Crippen LogP contribution in [0.25, 0.3) is 0 Å². The molecule has 1 aromatic heterocycles. The molecule has 2 atom stereocenters. The first-order valence-electron chi connectivity index (χ1n) is 6.47. The van der Waals surface area contributed by atoms with Crippen molar-refractivity contribution in [2.75, 3.05) is 6.54 Å². The summed E-state index contributed by atoms with van der Waals surface area (Å²) < 4.78 is 2.21. The van der Waals surface area contributed by atoms with Gasteiger partial charge in [0.15, 0.2) is 0 Å². The van der Waals surface area contributed by atoms with Gasteiger partial charge in [-0.2, -0.15) is 0 Å². The molecule has 90 valence electrons. The Labute approximate surface area is 98.3 Å². The third kappa shape index (κ3) is 3.08. The van der Waals surface area contributed by atoms with Crippen molar-refractivity contribution in [3.63, 3.8) is 0 Å². The van der Waals surface area contributed by atoms with E-state index < -0.39 is 0 Å². The van der Waals surface area contributed by atoms with Gasteiger partial charge >= 0.3 is 0 Å². The summed E-state index contributed by atoms with van der Waals surface area (Å²) in [5.74, 6) is 2.01. The minimum absolute atomic E-state index is 0.743. The fourth-order valence-electron chi connectivity index (χ4n) is 2.65. The smallest absolute Gasteiger partial charge is 0.105 e. The van der Waals surface area contributed by atoms with Crippen molar-refractivity contribution in [1.29, 1.82) is 0 Å². The second-order valence-corrected chi connectivity index (χ2v) is 5.09. The van der Waals surface area contributed by atoms with Crippen LogP contribution >= 0.6 is 0 Å². The van der Waals surface area contributed by atoms with Crippen LogP contribution in [-0.2, 0) is 6.54 Å². The maximum Gasteiger partial charge on any atom is 0.105 e. The van der Waals surface area contributed by atoms with Gasteiger partial charge in [-0.1, -0.05) is 19.8 Å². The fourth-order valence-corrected chi connectivity index (χ4v) is 2.65. The van der Waals surface area contributed by atoms with Crippen molar-refractivity contribution in [2.45, 2.75) is 52.1 Å². The molecule has 0 saturated heterocycles. The molecule has 3 nitrogen and oxygen atoms in total. The van der Waals surface area contributed by atoms with E-state index in [-0.39, 0.29) is 0 Å². The molecule has 1 fully saturated rings. The largest absolute Gasteiger partial charge is 0.334 e. The van der Waals surface area contributed by atoms with E-state index >= 15 is 0 Å². The van der Waals surface area contributed by atoms with Crippen molar-refractivity contribution in [3.05, 3.63) is 18.2 Å². The highest BCUT2D eigenvalue weighted by atomic mass is 15.1. The Morgan fingerprint density at radius 3 is 3.06 bits per heavy atom. The van der Waals surface area contributed by atoms with Gasteiger partial charge in [0.2, 0.25) is 0 Å². The van der Waals surface area contributed by atoms with E-state index in [1.54, 1.807) is 0 Å². The maximum absolute atomic E-state index is 4.23. The van der Waals surface area contributed by atoms with E-state index in [4.69, 9.17) is 0 Å². The van der Waals surface area contributed by atoms with Gasteiger partial charge in [-0.05, 0) is 25.7 Å². The van der Waals surface area contributed by atoms with Gasteiger partial charge < -0.3 is 9.88 Å². The SMILES string of the molecule is Cc1nccn1CCNC1CCCC(C)C1. The van der Waals surface area contributed by atoms with Crippen LogP contribution < -0.4 is 5.32 Å². The van der Waals surface area contributed by atoms with Crippen LogP contribution in [0.4, 0.5) is 0 Å². The van der Waals surface area contributed by atoms with E-state index in [0.29, 0.717) is 0 Å². The summed E-state index contributed by atoms with van der Waals surface area (Å²) in [5.41, 5.74) is 0. The summed E-state index contributed by atoms with van der Waals surface area (Å²) in [7, 11) is 0. The maximum atomic E-state index is 4.23. The first kappa shape index (κ1) is 11.6. The lowest BCUT2D eigenvalue weighted by atomic mass is 9.87. The molecule has 3 heteroatoms. The third-order valence-electron chi connectivity index (χ3n) is 3.65. The van der Waals surface area contributed by atoms with Crippen LogP contribution in [0.1, 0.15) is 38.4 Å². The third-order valence-corrected chi connectivity index (χ3v) is 3.65. The van der Waals surface area contributed by atoms with Crippen LogP contribution in [-0.4, -0.2) is 22.1 Å². The lowest BCUT2D eigenvalue weighted by Crippen LogP contribution is -2.35. The van der Waals surface area contributed by atoms with E-state index in [1.165, 1.54) is 25.7 Å². The first-order valence-corrected chi connectivity index (χ1v) is 6.47. The van der Waals surface area contributed by atoms with E-state index in [2.05, 4.69) is 34.9 Å². The number of hydrogen-bond donors (Lipinski definition) is 1. The number of imidazole rings is 1. The van der Waals surface area contributed by atoms with E-state index in [1.807, 2.05) is 6.20 Å². The Balaban J connectivity index is 1.70. The number of aromatic nitrogens is 2. The molecule has 1 aromatic rings. The van der Waals surface area contributed by atoms with Gasteiger partial charge in [-0.15, -0.1) is 0 Å². The molecular weight excluding hydrogens is 198 g/mol. The topological polar surface area (TPSA) is 29.9 Å². The molecule has 0 radical (unpaired) electrons. The second kappa shape index (κ2) is 5.48. The van der Waals surface area contributed by atoms with Gasteiger partial charge in [-0.3, -0.25) is 0 Å². The first-order chi connectivity index (χ1) is 7.75. The van der Waals surface area contributed by atoms with Gasteiger partial charge in [0.05, 0.1) is 0 Å². The quantitative estimate of drug-likeness (QED) is 0.846. The predicted octanol–water partition coefficient (Wildman–Crippen LogP) is 2.36. The van der Waals surface area contributed by atoms with Crippen molar-refractivity contribution in [1.82, 2.24) is 14.9 Å². The molecule has 0 aliphatic heterocycles. The summed E-state index contributed by atoms with van der Waals surface area (Å²) in [5, 5.41) is 3.67. The summed E-state index contributed by atoms with van der Waals surface area (Å²) >= 11 is 0. The highest BCUT2D eigenvalue weighted by molar-refractivity contribution is 4.88. The standard InChI is InChI=1S/C13H23N3/c1-11-4-3-5-13(10-11)15-7-9-16-8-6-14-12(16)2/h6,8,11,13,15H,3-5,7,9-10H2,1-2H3. The van der Waals surface area contributed by atoms with Gasteiger partial charge in [0, 0.05) is 31.5 Å². The van der Waals surface area contributed by atoms with Gasteiger partial charge in [0.25, 0.3) is 0 Å². The molecule has 1 aliphatic carbocycles. The highest BCUT2D eigenvalue weighted by Crippen LogP contribution is 2.23. The second-order valence-electron chi connectivity index (χ2n) is 5.09. The van der Waals surface area contributed by atoms with Gasteiger partial charge in [0.1, 0.15) is 5.82 Å². The van der Waals surface area contributed by atoms with Crippen molar-refractivity contribution < 1.29 is 0 Å². The van der Waals surface area contributed by atoms with Crippen molar-refractivity contribution in [3.8, 4) is 0 Å². The van der Waals surface area contributed by atoms with Crippen LogP contribution in [0, 0.1) is 12.8 Å². The van der Waals surface area contributed by atoms with Crippen molar-refractivity contribution >= 4 is 0 Å². The summed E-state index contributed by atoms with van der Waals surface area (Å²) in [4.78, 5) is 4.23. The minimum Gasteiger partial charge on any atom is -0.334 e. The van der Waals surface area contributed by atoms with E-state index in [9.17, 15) is 0 Å². The molecule has 2 unspecified atom stereocenters. The molecule has 0 amide bonds. The Morgan fingerprint density at radius 2 is 2.38 bits per heavy atom. The normalized spacial score (nSPS) is 25.9. The molecular formula is C13H23N3. The number of aryl methyl sites for hydroxylation is 1. The average Bonchev–Trinajstić information content (AvgIpc) is 2.65. The van der Waals surface area contributed by atoms with Crippen LogP contribution in [0.5, 0.6) is 0 Å². The van der Waals surface area contributed by atoms with E-state index in [0.717, 1.165) is 30.9 Å². The molecule has 0 bridgehead atoms. The predicted molar refractivity (Wildman–Crippen MR) is 66.4 cm³/mol. The zero-order chi connectivity index (χ0) is 11.4. The Bertz CT molecular complexity index is 319. The molecule has 1 saturated carbocycles. The average molecular weight is 221 g/mol. The molecule has 1 aliphatic rings. The lowest BCUT2D eigenvalue weighted by Gasteiger charge is -2.27. The molecule has 1 heterocycles. The number of nitrogens with one attached hydrogen (secondary N) is 1. The van der Waals surface area contributed by atoms with Crippen LogP contribution in [0.2, 0.25) is 0 Å². The van der Waals surface area contributed by atoms with Crippen molar-refractivity contribution in [2.24, 2.45) is 5.92 Å². The monoisotopic (exact) mass is 221 g/mol. The fraction of sp³-hybridized carbons (Fsp3) is 0.769. The highest BCUT2D eigenvalue weighted by Gasteiger charge is 2.17. The zero-order valence-corrected chi connectivity index (χ0v) is 10.4. The lowest BCUT2D eigenvalue weighted by molar-refractivity contribution is 0.299. The summed E-state index contributed by atoms with van der Waals surface area (Å²) in [6, 6.07) is 0.743. The van der Waals surface area contributed by atoms with Gasteiger partial charge in [-0.25, -0.2) is 4.98 Å². The molecule has 0 spiro atoms. The Morgan fingerprint density at radius 1 is 1.50 bits per heavy atom. The number of rotatable bonds is 4. The summed E-state index contributed by atoms with van der Waals surface area (Å²) in [6.45, 7) is 6.53. The Hall–Kier alpha value is -0.830. The minimum atomic E-state index is 0.743. The molecule has 1 N–H and O–H groups in total. The molecule has 16 heavy (non-hydrogen) atoms. The molecule has 0 aromatic carbocycles. The van der Waals surface area contributed by atoms with Crippen LogP contribution in [0.15, 0.2) is 12.4 Å².